The van der Waals surface area contributed by atoms with Crippen molar-refractivity contribution >= 4 is 5.69 Å². The van der Waals surface area contributed by atoms with E-state index in [-0.39, 0.29) is 17.6 Å². The number of anilines is 1. The number of hydrogen-bond acceptors (Lipinski definition) is 3. The number of methoxy groups -OCH3 is 1. The number of hydrogen-bond donors (Lipinski definition) is 2. The van der Waals surface area contributed by atoms with Gasteiger partial charge < -0.3 is 15.2 Å². The Bertz CT molecular complexity index is 431. The van der Waals surface area contributed by atoms with Crippen LogP contribution in [0, 0.1) is 5.41 Å². The third-order valence-corrected chi connectivity index (χ3v) is 4.14. The zero-order chi connectivity index (χ0) is 13.9. The Kier molecular flexibility index (Phi) is 4.04. The maximum absolute atomic E-state index is 9.90. The first-order valence-corrected chi connectivity index (χ1v) is 7.02. The van der Waals surface area contributed by atoms with Crippen LogP contribution in [0.2, 0.25) is 0 Å². The lowest BCUT2D eigenvalue weighted by Gasteiger charge is -2.45. The van der Waals surface area contributed by atoms with Gasteiger partial charge in [-0.2, -0.15) is 0 Å². The Morgan fingerprint density at radius 2 is 2.00 bits per heavy atom. The molecular weight excluding hydrogens is 238 g/mol. The molecule has 3 nitrogen and oxygen atoms in total. The van der Waals surface area contributed by atoms with Gasteiger partial charge in [0.1, 0.15) is 5.75 Å². The molecule has 1 aromatic carbocycles. The molecule has 2 N–H and O–H groups in total. The van der Waals surface area contributed by atoms with Gasteiger partial charge in [0, 0.05) is 0 Å². The Balaban J connectivity index is 2.23. The van der Waals surface area contributed by atoms with Crippen LogP contribution in [0.1, 0.15) is 39.5 Å². The number of ether oxygens (including phenoxy) is 1. The van der Waals surface area contributed by atoms with Crippen molar-refractivity contribution in [2.24, 2.45) is 5.41 Å². The van der Waals surface area contributed by atoms with Crippen LogP contribution in [-0.2, 0) is 0 Å². The first kappa shape index (κ1) is 14.2. The summed E-state index contributed by atoms with van der Waals surface area (Å²) in [6.07, 6.45) is 4.36. The molecule has 0 amide bonds. The molecule has 1 fully saturated rings. The van der Waals surface area contributed by atoms with Crippen LogP contribution < -0.4 is 10.1 Å². The molecule has 1 unspecified atom stereocenters. The maximum Gasteiger partial charge on any atom is 0.141 e. The molecule has 19 heavy (non-hydrogen) atoms. The van der Waals surface area contributed by atoms with E-state index in [0.717, 1.165) is 30.7 Å². The van der Waals surface area contributed by atoms with E-state index < -0.39 is 0 Å². The van der Waals surface area contributed by atoms with Gasteiger partial charge in [-0.25, -0.2) is 0 Å². The van der Waals surface area contributed by atoms with Crippen molar-refractivity contribution in [3.8, 4) is 5.75 Å². The number of aliphatic hydroxyl groups is 1. The lowest BCUT2D eigenvalue weighted by atomic mass is 9.68. The van der Waals surface area contributed by atoms with E-state index in [1.807, 2.05) is 24.3 Å². The van der Waals surface area contributed by atoms with Crippen molar-refractivity contribution in [3.63, 3.8) is 0 Å². The summed E-state index contributed by atoms with van der Waals surface area (Å²) in [5.41, 5.74) is 1.02. The zero-order valence-corrected chi connectivity index (χ0v) is 12.2. The Morgan fingerprint density at radius 1 is 1.26 bits per heavy atom. The van der Waals surface area contributed by atoms with Crippen molar-refractivity contribution in [3.05, 3.63) is 24.3 Å². The van der Waals surface area contributed by atoms with Gasteiger partial charge in [-0.1, -0.05) is 32.4 Å². The van der Waals surface area contributed by atoms with Crippen molar-refractivity contribution in [1.29, 1.82) is 0 Å². The van der Waals surface area contributed by atoms with Crippen molar-refractivity contribution in [2.45, 2.75) is 45.1 Å². The van der Waals surface area contributed by atoms with Crippen LogP contribution in [0.3, 0.4) is 0 Å². The van der Waals surface area contributed by atoms with E-state index in [4.69, 9.17) is 4.74 Å². The summed E-state index contributed by atoms with van der Waals surface area (Å²) in [6.45, 7) is 4.72. The van der Waals surface area contributed by atoms with Gasteiger partial charge in [0.05, 0.1) is 24.9 Å². The second kappa shape index (κ2) is 5.41. The molecular formula is C16H25NO2. The minimum absolute atomic E-state index is 0.161. The van der Waals surface area contributed by atoms with Crippen LogP contribution in [0.25, 0.3) is 0 Å². The van der Waals surface area contributed by atoms with Crippen LogP contribution in [-0.4, -0.2) is 24.4 Å². The van der Waals surface area contributed by atoms with Crippen molar-refractivity contribution in [1.82, 2.24) is 0 Å². The Labute approximate surface area is 116 Å². The van der Waals surface area contributed by atoms with Gasteiger partial charge in [-0.05, 0) is 36.8 Å². The summed E-state index contributed by atoms with van der Waals surface area (Å²) in [7, 11) is 1.68. The summed E-state index contributed by atoms with van der Waals surface area (Å²) in [6, 6.07) is 7.91. The van der Waals surface area contributed by atoms with Crippen molar-refractivity contribution in [2.75, 3.05) is 19.0 Å². The van der Waals surface area contributed by atoms with E-state index in [1.165, 1.54) is 6.42 Å². The third kappa shape index (κ3) is 3.21. The third-order valence-electron chi connectivity index (χ3n) is 4.14. The molecule has 0 spiro atoms. The zero-order valence-electron chi connectivity index (χ0n) is 12.2. The molecule has 0 aromatic heterocycles. The number of rotatable bonds is 4. The Hall–Kier alpha value is -1.22. The van der Waals surface area contributed by atoms with Gasteiger partial charge in [-0.15, -0.1) is 0 Å². The molecule has 0 radical (unpaired) electrons. The standard InChI is InChI=1S/C16H25NO2/c1-15(2)9-6-10-16(11-15,12-18)17-13-7-4-5-8-14(13)19-3/h4-5,7-8,17-18H,6,9-12H2,1-3H3. The summed E-state index contributed by atoms with van der Waals surface area (Å²) in [5, 5.41) is 13.4. The van der Waals surface area contributed by atoms with E-state index in [2.05, 4.69) is 19.2 Å². The Morgan fingerprint density at radius 3 is 2.63 bits per heavy atom. The van der Waals surface area contributed by atoms with Gasteiger partial charge >= 0.3 is 0 Å². The fraction of sp³-hybridized carbons (Fsp3) is 0.625. The lowest BCUT2D eigenvalue weighted by Crippen LogP contribution is -2.48. The molecule has 1 aromatic rings. The van der Waals surface area contributed by atoms with E-state index in [0.29, 0.717) is 0 Å². The molecule has 106 valence electrons. The van der Waals surface area contributed by atoms with Crippen LogP contribution in [0.5, 0.6) is 5.75 Å². The second-order valence-electron chi connectivity index (χ2n) is 6.46. The number of para-hydroxylation sites is 2. The highest BCUT2D eigenvalue weighted by Crippen LogP contribution is 2.43. The summed E-state index contributed by atoms with van der Waals surface area (Å²) >= 11 is 0. The topological polar surface area (TPSA) is 41.5 Å². The van der Waals surface area contributed by atoms with Crippen molar-refractivity contribution < 1.29 is 9.84 Å². The molecule has 1 aliphatic rings. The van der Waals surface area contributed by atoms with Gasteiger partial charge in [0.15, 0.2) is 0 Å². The maximum atomic E-state index is 9.90. The fourth-order valence-corrected chi connectivity index (χ4v) is 3.31. The molecule has 0 heterocycles. The summed E-state index contributed by atoms with van der Waals surface area (Å²) in [5.74, 6) is 0.832. The molecule has 0 aliphatic heterocycles. The number of aliphatic hydroxyl groups excluding tert-OH is 1. The molecule has 1 aliphatic carbocycles. The minimum atomic E-state index is -0.226. The van der Waals surface area contributed by atoms with Gasteiger partial charge in [0.2, 0.25) is 0 Å². The number of nitrogens with one attached hydrogen (secondary N) is 1. The summed E-state index contributed by atoms with van der Waals surface area (Å²) in [4.78, 5) is 0. The molecule has 1 atom stereocenters. The van der Waals surface area contributed by atoms with E-state index in [1.54, 1.807) is 7.11 Å². The lowest BCUT2D eigenvalue weighted by molar-refractivity contribution is 0.105. The van der Waals surface area contributed by atoms with E-state index >= 15 is 0 Å². The largest absolute Gasteiger partial charge is 0.495 e. The minimum Gasteiger partial charge on any atom is -0.495 e. The van der Waals surface area contributed by atoms with Gasteiger partial charge in [0.25, 0.3) is 0 Å². The van der Waals surface area contributed by atoms with E-state index in [9.17, 15) is 5.11 Å². The first-order chi connectivity index (χ1) is 9.00. The number of benzene rings is 1. The van der Waals surface area contributed by atoms with Crippen LogP contribution in [0.4, 0.5) is 5.69 Å². The predicted molar refractivity (Wildman–Crippen MR) is 78.7 cm³/mol. The molecule has 0 saturated heterocycles. The smallest absolute Gasteiger partial charge is 0.141 e. The van der Waals surface area contributed by atoms with Gasteiger partial charge in [-0.3, -0.25) is 0 Å². The fourth-order valence-electron chi connectivity index (χ4n) is 3.31. The average molecular weight is 263 g/mol. The molecule has 1 saturated carbocycles. The average Bonchev–Trinajstić information content (AvgIpc) is 2.38. The quantitative estimate of drug-likeness (QED) is 0.874. The molecule has 0 bridgehead atoms. The first-order valence-electron chi connectivity index (χ1n) is 7.02. The molecule has 2 rings (SSSR count). The normalized spacial score (nSPS) is 25.9. The highest BCUT2D eigenvalue weighted by molar-refractivity contribution is 5.57. The monoisotopic (exact) mass is 263 g/mol. The van der Waals surface area contributed by atoms with Crippen LogP contribution >= 0.6 is 0 Å². The second-order valence-corrected chi connectivity index (χ2v) is 6.46. The van der Waals surface area contributed by atoms with Crippen LogP contribution in [0.15, 0.2) is 24.3 Å². The highest BCUT2D eigenvalue weighted by atomic mass is 16.5. The predicted octanol–water partition coefficient (Wildman–Crippen LogP) is 3.44. The highest BCUT2D eigenvalue weighted by Gasteiger charge is 2.39. The summed E-state index contributed by atoms with van der Waals surface area (Å²) < 4.78 is 5.38. The molecule has 3 heteroatoms. The SMILES string of the molecule is COc1ccccc1NC1(CO)CCCC(C)(C)C1.